The molecule has 39 heavy (non-hydrogen) atoms. The first-order valence-corrected chi connectivity index (χ1v) is 14.1. The number of aromatic nitrogens is 1. The third-order valence-electron chi connectivity index (χ3n) is 8.23. The van der Waals surface area contributed by atoms with Gasteiger partial charge in [0, 0.05) is 61.3 Å². The van der Waals surface area contributed by atoms with E-state index in [4.69, 9.17) is 4.74 Å². The van der Waals surface area contributed by atoms with Gasteiger partial charge in [-0.3, -0.25) is 4.79 Å². The molecule has 1 saturated carbocycles. The van der Waals surface area contributed by atoms with Crippen molar-refractivity contribution in [1.29, 1.82) is 0 Å². The van der Waals surface area contributed by atoms with Crippen molar-refractivity contribution in [2.45, 2.75) is 52.2 Å². The van der Waals surface area contributed by atoms with Gasteiger partial charge in [-0.05, 0) is 69.2 Å². The second-order valence-electron chi connectivity index (χ2n) is 10.5. The number of fused-ring (bicyclic) bond motifs is 1. The number of amides is 1. The van der Waals surface area contributed by atoms with Crippen LogP contribution >= 0.6 is 0 Å². The van der Waals surface area contributed by atoms with E-state index in [2.05, 4.69) is 21.7 Å². The topological polar surface area (TPSA) is 110 Å². The van der Waals surface area contributed by atoms with Crippen molar-refractivity contribution in [3.05, 3.63) is 54.2 Å². The first-order valence-electron chi connectivity index (χ1n) is 14.1. The molecule has 9 nitrogen and oxygen atoms in total. The predicted molar refractivity (Wildman–Crippen MR) is 152 cm³/mol. The van der Waals surface area contributed by atoms with E-state index in [1.807, 2.05) is 60.4 Å². The van der Waals surface area contributed by atoms with Gasteiger partial charge in [-0.1, -0.05) is 12.5 Å². The summed E-state index contributed by atoms with van der Waals surface area (Å²) in [4.78, 5) is 17.1. The molecule has 1 saturated heterocycles. The maximum atomic E-state index is 13.0. The summed E-state index contributed by atoms with van der Waals surface area (Å²) in [6, 6.07) is 16.0. The van der Waals surface area contributed by atoms with Crippen molar-refractivity contribution >= 4 is 28.2 Å². The van der Waals surface area contributed by atoms with Crippen LogP contribution in [0.25, 0.3) is 10.9 Å². The molecule has 3 unspecified atom stereocenters. The number of aryl methyl sites for hydroxylation is 1. The number of ether oxygens (including phenoxy) is 1. The zero-order valence-electron chi connectivity index (χ0n) is 22.8. The molecule has 0 radical (unpaired) electrons. The highest BCUT2D eigenvalue weighted by Crippen LogP contribution is 2.36. The molecule has 1 amide bonds. The summed E-state index contributed by atoms with van der Waals surface area (Å²) in [5.41, 5.74) is 3.69. The highest BCUT2D eigenvalue weighted by Gasteiger charge is 2.39. The molecule has 0 spiro atoms. The molecule has 1 aliphatic heterocycles. The number of nitrogens with one attached hydrogen (secondary N) is 1. The SMILES string of the molecule is CCOc1cccc2c1cc(C(O)Nc1ccc(N3CCN(C(=O)C4CCCC4C(O)O)CC3)cc1)n2CC. The Kier molecular flexibility index (Phi) is 8.30. The Morgan fingerprint density at radius 3 is 2.44 bits per heavy atom. The fourth-order valence-corrected chi connectivity index (χ4v) is 6.21. The van der Waals surface area contributed by atoms with E-state index >= 15 is 0 Å². The van der Waals surface area contributed by atoms with Crippen LogP contribution in [0.15, 0.2) is 48.5 Å². The summed E-state index contributed by atoms with van der Waals surface area (Å²) in [5, 5.41) is 34.6. The molecule has 3 atom stereocenters. The minimum Gasteiger partial charge on any atom is -0.493 e. The van der Waals surface area contributed by atoms with Gasteiger partial charge >= 0.3 is 0 Å². The van der Waals surface area contributed by atoms with E-state index in [1.165, 1.54) is 0 Å². The Bertz CT molecular complexity index is 1270. The van der Waals surface area contributed by atoms with Crippen molar-refractivity contribution in [3.8, 4) is 5.75 Å². The van der Waals surface area contributed by atoms with Crippen molar-refractivity contribution in [2.75, 3.05) is 43.0 Å². The van der Waals surface area contributed by atoms with Crippen LogP contribution in [0.3, 0.4) is 0 Å². The number of anilines is 2. The van der Waals surface area contributed by atoms with Gasteiger partial charge in [-0.15, -0.1) is 0 Å². The molecular weight excluding hydrogens is 496 g/mol. The molecule has 9 heteroatoms. The lowest BCUT2D eigenvalue weighted by molar-refractivity contribution is -0.145. The van der Waals surface area contributed by atoms with E-state index in [1.54, 1.807) is 0 Å². The quantitative estimate of drug-likeness (QED) is 0.310. The van der Waals surface area contributed by atoms with Crippen LogP contribution in [0.2, 0.25) is 0 Å². The van der Waals surface area contributed by atoms with E-state index < -0.39 is 12.5 Å². The summed E-state index contributed by atoms with van der Waals surface area (Å²) < 4.78 is 7.90. The monoisotopic (exact) mass is 536 g/mol. The lowest BCUT2D eigenvalue weighted by Crippen LogP contribution is -2.51. The molecule has 4 N–H and O–H groups in total. The fraction of sp³-hybridized carbons (Fsp3) is 0.500. The lowest BCUT2D eigenvalue weighted by atomic mass is 9.93. The molecule has 5 rings (SSSR count). The Balaban J connectivity index is 1.21. The van der Waals surface area contributed by atoms with E-state index in [9.17, 15) is 20.1 Å². The highest BCUT2D eigenvalue weighted by atomic mass is 16.5. The Labute approximate surface area is 229 Å². The Morgan fingerprint density at radius 2 is 1.77 bits per heavy atom. The summed E-state index contributed by atoms with van der Waals surface area (Å²) in [6.07, 6.45) is -0.0230. The number of aliphatic hydroxyl groups is 3. The number of hydrogen-bond donors (Lipinski definition) is 4. The number of nitrogens with zero attached hydrogens (tertiary/aromatic N) is 3. The maximum Gasteiger partial charge on any atom is 0.226 e. The van der Waals surface area contributed by atoms with Gasteiger partial charge < -0.3 is 39.7 Å². The highest BCUT2D eigenvalue weighted by molar-refractivity contribution is 5.87. The smallest absolute Gasteiger partial charge is 0.226 e. The molecule has 2 heterocycles. The maximum absolute atomic E-state index is 13.0. The minimum atomic E-state index is -1.42. The van der Waals surface area contributed by atoms with Gasteiger partial charge in [0.1, 0.15) is 5.75 Å². The first-order chi connectivity index (χ1) is 18.9. The van der Waals surface area contributed by atoms with Crippen molar-refractivity contribution in [1.82, 2.24) is 9.47 Å². The van der Waals surface area contributed by atoms with Gasteiger partial charge in [0.25, 0.3) is 0 Å². The van der Waals surface area contributed by atoms with Gasteiger partial charge in [0.05, 0.1) is 17.8 Å². The largest absolute Gasteiger partial charge is 0.493 e. The van der Waals surface area contributed by atoms with E-state index in [0.717, 1.165) is 66.2 Å². The molecule has 1 aromatic heterocycles. The number of hydrogen-bond acceptors (Lipinski definition) is 7. The summed E-state index contributed by atoms with van der Waals surface area (Å²) in [7, 11) is 0. The van der Waals surface area contributed by atoms with Gasteiger partial charge in [-0.25, -0.2) is 0 Å². The van der Waals surface area contributed by atoms with Gasteiger partial charge in [0.15, 0.2) is 12.5 Å². The summed E-state index contributed by atoms with van der Waals surface area (Å²) >= 11 is 0. The zero-order chi connectivity index (χ0) is 27.5. The number of rotatable bonds is 9. The number of carbonyl (C=O) groups excluding carboxylic acids is 1. The third kappa shape index (κ3) is 5.57. The van der Waals surface area contributed by atoms with Crippen molar-refractivity contribution < 1.29 is 24.9 Å². The number of benzene rings is 2. The summed E-state index contributed by atoms with van der Waals surface area (Å²) in [5.74, 6) is 0.231. The predicted octanol–water partition coefficient (Wildman–Crippen LogP) is 3.54. The molecule has 210 valence electrons. The Hall–Kier alpha value is -3.27. The third-order valence-corrected chi connectivity index (χ3v) is 8.23. The second kappa shape index (κ2) is 11.9. The van der Waals surface area contributed by atoms with E-state index in [0.29, 0.717) is 26.1 Å². The molecule has 0 bridgehead atoms. The van der Waals surface area contributed by atoms with Crippen LogP contribution in [0, 0.1) is 11.8 Å². The van der Waals surface area contributed by atoms with Crippen LogP contribution < -0.4 is 15.0 Å². The van der Waals surface area contributed by atoms with E-state index in [-0.39, 0.29) is 17.7 Å². The number of carbonyl (C=O) groups is 1. The van der Waals surface area contributed by atoms with Crippen LogP contribution in [-0.4, -0.2) is 69.8 Å². The van der Waals surface area contributed by atoms with Gasteiger partial charge in [-0.2, -0.15) is 0 Å². The summed E-state index contributed by atoms with van der Waals surface area (Å²) in [6.45, 7) is 8.01. The molecule has 2 aromatic carbocycles. The van der Waals surface area contributed by atoms with Crippen LogP contribution in [0.1, 0.15) is 45.0 Å². The Morgan fingerprint density at radius 1 is 1.03 bits per heavy atom. The lowest BCUT2D eigenvalue weighted by Gasteiger charge is -2.38. The average molecular weight is 537 g/mol. The molecular formula is C30H40N4O5. The number of aliphatic hydroxyl groups excluding tert-OH is 2. The normalized spacial score (nSPS) is 20.6. The molecule has 3 aromatic rings. The van der Waals surface area contributed by atoms with Crippen LogP contribution in [0.5, 0.6) is 5.75 Å². The second-order valence-corrected chi connectivity index (χ2v) is 10.5. The molecule has 1 aliphatic carbocycles. The van der Waals surface area contributed by atoms with Crippen molar-refractivity contribution in [3.63, 3.8) is 0 Å². The first kappa shape index (κ1) is 27.3. The number of piperazine rings is 1. The molecule has 2 aliphatic rings. The zero-order valence-corrected chi connectivity index (χ0v) is 22.8. The van der Waals surface area contributed by atoms with Crippen LogP contribution in [0.4, 0.5) is 11.4 Å². The van der Waals surface area contributed by atoms with Crippen molar-refractivity contribution in [2.24, 2.45) is 11.8 Å². The van der Waals surface area contributed by atoms with Gasteiger partial charge in [0.2, 0.25) is 5.91 Å². The molecule has 2 fully saturated rings. The fourth-order valence-electron chi connectivity index (χ4n) is 6.21. The average Bonchev–Trinajstić information content (AvgIpc) is 3.59. The minimum absolute atomic E-state index is 0.0525. The standard InChI is InChI=1S/C30H40N4O5/c1-3-34-25-9-6-10-27(39-4-2)24(25)19-26(34)28(35)31-20-11-13-21(14-12-20)32-15-17-33(18-16-32)29(36)22-7-5-8-23(22)30(37)38/h6,9-14,19,22-23,28,30-31,35,37-38H,3-5,7-8,15-18H2,1-2H3. The van der Waals surface area contributed by atoms with Crippen LogP contribution in [-0.2, 0) is 11.3 Å².